The maximum atomic E-state index is 6.48. The van der Waals surface area contributed by atoms with E-state index in [2.05, 4.69) is 149 Å². The van der Waals surface area contributed by atoms with Crippen LogP contribution in [-0.4, -0.2) is 5.84 Å². The van der Waals surface area contributed by atoms with Crippen molar-refractivity contribution in [3.63, 3.8) is 0 Å². The first-order valence-electron chi connectivity index (χ1n) is 17.3. The van der Waals surface area contributed by atoms with Crippen molar-refractivity contribution >= 4 is 81.2 Å². The summed E-state index contributed by atoms with van der Waals surface area (Å²) < 4.78 is 15.3. The molecule has 1 aliphatic heterocycles. The fraction of sp³-hybridized carbons (Fsp3) is 0.0444. The van der Waals surface area contributed by atoms with Crippen LogP contribution in [0.3, 0.4) is 0 Å². The number of nitrogen functional groups attached to an aromatic ring is 1. The smallest absolute Gasteiger partial charge is 0.370 e. The lowest BCUT2D eigenvalue weighted by atomic mass is 9.99. The molecule has 6 heteroatoms. The van der Waals surface area contributed by atoms with Crippen molar-refractivity contribution < 1.29 is 19.1 Å². The van der Waals surface area contributed by atoms with Gasteiger partial charge >= 0.3 is 5.84 Å². The van der Waals surface area contributed by atoms with Crippen LogP contribution >= 0.6 is 11.3 Å². The van der Waals surface area contributed by atoms with Gasteiger partial charge in [0.1, 0.15) is 27.9 Å². The van der Waals surface area contributed by atoms with E-state index >= 15 is 0 Å². The van der Waals surface area contributed by atoms with Crippen LogP contribution in [0.25, 0.3) is 75.2 Å². The quantitative estimate of drug-likeness (QED) is 0.174. The number of quaternary nitrogens is 1. The SMILES string of the molecule is c1ccc(C2NC(c3ccc4sc5c(-c6cccc7c6oc6ccccc67)cccc5c4c3)[NH2+]C(c3cccc4oc5ccccc5c34)=[NH+]2)cc1. The minimum absolute atomic E-state index is 0.0355. The Balaban J connectivity index is 1.05. The Labute approximate surface area is 296 Å². The third-order valence-corrected chi connectivity index (χ3v) is 11.6. The van der Waals surface area contributed by atoms with Crippen molar-refractivity contribution in [3.05, 3.63) is 168 Å². The van der Waals surface area contributed by atoms with E-state index in [-0.39, 0.29) is 12.3 Å². The monoisotopic (exact) mass is 677 g/mol. The minimum Gasteiger partial charge on any atom is -0.456 e. The second-order valence-electron chi connectivity index (χ2n) is 13.3. The number of hydrogen-bond acceptors (Lipinski definition) is 4. The fourth-order valence-corrected chi connectivity index (χ4v) is 9.22. The lowest BCUT2D eigenvalue weighted by Gasteiger charge is -2.24. The first-order chi connectivity index (χ1) is 25.3. The average molecular weight is 678 g/mol. The summed E-state index contributed by atoms with van der Waals surface area (Å²) in [5, 5.41) is 13.3. The average Bonchev–Trinajstić information content (AvgIpc) is 3.89. The molecule has 0 fully saturated rings. The Morgan fingerprint density at radius 1 is 0.529 bits per heavy atom. The Hall–Kier alpha value is -6.05. The molecule has 51 heavy (non-hydrogen) atoms. The van der Waals surface area contributed by atoms with Crippen molar-refractivity contribution in [1.82, 2.24) is 5.32 Å². The minimum atomic E-state index is -0.0876. The molecule has 1 aliphatic rings. The summed E-state index contributed by atoms with van der Waals surface area (Å²) in [5.41, 5.74) is 9.51. The molecule has 0 bridgehead atoms. The van der Waals surface area contributed by atoms with Gasteiger partial charge in [-0.25, -0.2) is 5.32 Å². The topological polar surface area (TPSA) is 68.9 Å². The predicted octanol–water partition coefficient (Wildman–Crippen LogP) is 8.91. The highest BCUT2D eigenvalue weighted by molar-refractivity contribution is 7.26. The first kappa shape index (κ1) is 28.8. The van der Waals surface area contributed by atoms with Gasteiger partial charge in [0.05, 0.1) is 0 Å². The molecule has 10 aromatic rings. The molecular weight excluding hydrogens is 647 g/mol. The molecule has 0 radical (unpaired) electrons. The van der Waals surface area contributed by atoms with Gasteiger partial charge in [-0.15, -0.1) is 11.3 Å². The van der Waals surface area contributed by atoms with Gasteiger partial charge in [0.25, 0.3) is 0 Å². The molecule has 4 heterocycles. The zero-order chi connectivity index (χ0) is 33.5. The second kappa shape index (κ2) is 11.2. The number of nitrogens with two attached hydrogens (primary N) is 1. The molecule has 2 atom stereocenters. The standard InChI is InChI=1S/C45H29N3O2S/c1-2-11-26(12-3-1)43-46-44(48-45(47-43)34-19-10-22-38-40(34)33-14-5-7-21-37(33)49-38)27-23-24-39-35(25-27)32-18-9-17-31(42(32)51-39)30-16-8-15-29-28-13-4-6-20-36(28)50-41(29)30/h1-25,43-44,46H,(H,47,48)/p+2. The van der Waals surface area contributed by atoms with Gasteiger partial charge in [-0.1, -0.05) is 115 Å². The van der Waals surface area contributed by atoms with Crippen molar-refractivity contribution in [2.75, 3.05) is 0 Å². The highest BCUT2D eigenvalue weighted by atomic mass is 32.1. The molecule has 0 amide bonds. The van der Waals surface area contributed by atoms with Crippen LogP contribution in [0.1, 0.15) is 29.0 Å². The Morgan fingerprint density at radius 2 is 1.22 bits per heavy atom. The molecule has 242 valence electrons. The molecule has 5 nitrogen and oxygen atoms in total. The lowest BCUT2D eigenvalue weighted by Crippen LogP contribution is -3.07. The van der Waals surface area contributed by atoms with Gasteiger partial charge < -0.3 is 8.83 Å². The largest absolute Gasteiger partial charge is 0.456 e. The van der Waals surface area contributed by atoms with Crippen LogP contribution < -0.4 is 15.6 Å². The van der Waals surface area contributed by atoms with Crippen molar-refractivity contribution in [2.24, 2.45) is 0 Å². The van der Waals surface area contributed by atoms with Crippen LogP contribution in [0.4, 0.5) is 0 Å². The highest BCUT2D eigenvalue weighted by Gasteiger charge is 2.36. The molecule has 7 aromatic carbocycles. The molecule has 11 rings (SSSR count). The Bertz CT molecular complexity index is 3010. The van der Waals surface area contributed by atoms with Crippen LogP contribution in [0, 0.1) is 0 Å². The van der Waals surface area contributed by atoms with Crippen LogP contribution in [-0.2, 0) is 0 Å². The van der Waals surface area contributed by atoms with Gasteiger partial charge in [0.2, 0.25) is 6.17 Å². The van der Waals surface area contributed by atoms with Crippen molar-refractivity contribution in [2.45, 2.75) is 12.3 Å². The second-order valence-corrected chi connectivity index (χ2v) is 14.4. The van der Waals surface area contributed by atoms with Crippen LogP contribution in [0.5, 0.6) is 0 Å². The highest BCUT2D eigenvalue weighted by Crippen LogP contribution is 2.44. The van der Waals surface area contributed by atoms with Crippen molar-refractivity contribution in [3.8, 4) is 11.1 Å². The van der Waals surface area contributed by atoms with E-state index in [9.17, 15) is 0 Å². The van der Waals surface area contributed by atoms with E-state index in [1.165, 1.54) is 36.9 Å². The maximum Gasteiger partial charge on any atom is 0.370 e. The normalized spacial score (nSPS) is 16.6. The van der Waals surface area contributed by atoms with E-state index in [4.69, 9.17) is 8.83 Å². The van der Waals surface area contributed by atoms with Gasteiger partial charge in [-0.3, -0.25) is 0 Å². The summed E-state index contributed by atoms with van der Waals surface area (Å²) >= 11 is 1.85. The van der Waals surface area contributed by atoms with E-state index in [1.54, 1.807) is 0 Å². The number of rotatable bonds is 4. The van der Waals surface area contributed by atoms with Gasteiger partial charge in [-0.05, 0) is 36.4 Å². The van der Waals surface area contributed by atoms with E-state index in [0.717, 1.165) is 60.8 Å². The van der Waals surface area contributed by atoms with E-state index in [1.807, 2.05) is 29.5 Å². The van der Waals surface area contributed by atoms with Gasteiger partial charge in [0, 0.05) is 64.0 Å². The number of benzene rings is 7. The maximum absolute atomic E-state index is 6.48. The fourth-order valence-electron chi connectivity index (χ4n) is 8.00. The van der Waals surface area contributed by atoms with Crippen LogP contribution in [0.2, 0.25) is 0 Å². The zero-order valence-electron chi connectivity index (χ0n) is 27.4. The third-order valence-electron chi connectivity index (χ3n) is 10.4. The molecular formula is C45H31N3O2S+2. The lowest BCUT2D eigenvalue weighted by molar-refractivity contribution is -0.701. The number of nitrogens with one attached hydrogen (secondary N) is 2. The number of fused-ring (bicyclic) bond motifs is 9. The summed E-state index contributed by atoms with van der Waals surface area (Å²) in [4.78, 5) is 3.85. The summed E-state index contributed by atoms with van der Waals surface area (Å²) in [7, 11) is 0. The zero-order valence-corrected chi connectivity index (χ0v) is 28.2. The Morgan fingerprint density at radius 3 is 2.10 bits per heavy atom. The third kappa shape index (κ3) is 4.51. The predicted molar refractivity (Wildman–Crippen MR) is 208 cm³/mol. The summed E-state index contributed by atoms with van der Waals surface area (Å²) in [5.74, 6) is 1.08. The number of amidine groups is 1. The number of hydrogen-bond donors (Lipinski definition) is 3. The molecule has 2 unspecified atom stereocenters. The molecule has 0 aliphatic carbocycles. The van der Waals surface area contributed by atoms with Gasteiger partial charge in [-0.2, -0.15) is 10.3 Å². The molecule has 4 N–H and O–H groups in total. The number of furan rings is 2. The number of para-hydroxylation sites is 3. The molecule has 0 saturated carbocycles. The van der Waals surface area contributed by atoms with E-state index < -0.39 is 0 Å². The molecule has 0 saturated heterocycles. The summed E-state index contributed by atoms with van der Waals surface area (Å²) in [6.45, 7) is 0. The summed E-state index contributed by atoms with van der Waals surface area (Å²) in [6, 6.07) is 53.7. The molecule has 0 spiro atoms. The first-order valence-corrected chi connectivity index (χ1v) is 18.1. The Kier molecular flexibility index (Phi) is 6.33. The molecule has 3 aromatic heterocycles. The van der Waals surface area contributed by atoms with E-state index in [0.29, 0.717) is 0 Å². The van der Waals surface area contributed by atoms with Crippen LogP contribution in [0.15, 0.2) is 160 Å². The van der Waals surface area contributed by atoms with Gasteiger partial charge in [0.15, 0.2) is 6.17 Å². The van der Waals surface area contributed by atoms with Crippen molar-refractivity contribution in [1.29, 1.82) is 0 Å². The number of thiophene rings is 1. The summed E-state index contributed by atoms with van der Waals surface area (Å²) in [6.07, 6.45) is -0.123.